The molecule has 1 unspecified atom stereocenters. The maximum absolute atomic E-state index is 5.43. The number of fused-ring (bicyclic) bond motifs is 2. The molecule has 1 aromatic carbocycles. The number of ether oxygens (including phenoxy) is 2. The molecule has 0 saturated carbocycles. The highest BCUT2D eigenvalue weighted by atomic mass is 32.1. The number of nitrogens with one attached hydrogen (secondary N) is 1. The van der Waals surface area contributed by atoms with Crippen LogP contribution >= 0.6 is 11.3 Å². The Bertz CT molecular complexity index is 623. The van der Waals surface area contributed by atoms with Crippen LogP contribution in [0.2, 0.25) is 0 Å². The van der Waals surface area contributed by atoms with Gasteiger partial charge in [0.25, 0.3) is 0 Å². The van der Waals surface area contributed by atoms with Crippen LogP contribution in [-0.4, -0.2) is 6.79 Å². The van der Waals surface area contributed by atoms with Crippen molar-refractivity contribution in [3.05, 3.63) is 45.6 Å². The van der Waals surface area contributed by atoms with Crippen LogP contribution in [0.5, 0.6) is 11.5 Å². The lowest BCUT2D eigenvalue weighted by atomic mass is 9.94. The SMILES string of the molecule is c1cc2c(s1)CCCC2NCc1ccc2c(c1)OCO2. The lowest BCUT2D eigenvalue weighted by molar-refractivity contribution is 0.174. The Balaban J connectivity index is 1.46. The molecule has 2 aliphatic rings. The van der Waals surface area contributed by atoms with Crippen LogP contribution in [0.3, 0.4) is 0 Å². The molecule has 2 heterocycles. The molecule has 1 aliphatic heterocycles. The highest BCUT2D eigenvalue weighted by Crippen LogP contribution is 2.35. The maximum Gasteiger partial charge on any atom is 0.231 e. The van der Waals surface area contributed by atoms with Gasteiger partial charge in [0, 0.05) is 17.5 Å². The Morgan fingerprint density at radius 3 is 3.15 bits per heavy atom. The highest BCUT2D eigenvalue weighted by Gasteiger charge is 2.21. The summed E-state index contributed by atoms with van der Waals surface area (Å²) in [6.07, 6.45) is 3.76. The summed E-state index contributed by atoms with van der Waals surface area (Å²) in [5.41, 5.74) is 2.75. The van der Waals surface area contributed by atoms with Crippen LogP contribution in [0, 0.1) is 0 Å². The summed E-state index contributed by atoms with van der Waals surface area (Å²) >= 11 is 1.89. The first-order chi connectivity index (χ1) is 9.90. The number of aryl methyl sites for hydroxylation is 1. The van der Waals surface area contributed by atoms with Crippen molar-refractivity contribution in [3.8, 4) is 11.5 Å². The number of hydrogen-bond acceptors (Lipinski definition) is 4. The zero-order valence-electron chi connectivity index (χ0n) is 11.2. The van der Waals surface area contributed by atoms with Gasteiger partial charge in [0.05, 0.1) is 0 Å². The number of thiophene rings is 1. The van der Waals surface area contributed by atoms with Gasteiger partial charge in [-0.1, -0.05) is 6.07 Å². The third-order valence-electron chi connectivity index (χ3n) is 4.04. The van der Waals surface area contributed by atoms with Crippen molar-refractivity contribution >= 4 is 11.3 Å². The summed E-state index contributed by atoms with van der Waals surface area (Å²) in [5, 5.41) is 5.90. The molecular formula is C16H17NO2S. The van der Waals surface area contributed by atoms with Crippen molar-refractivity contribution in [2.75, 3.05) is 6.79 Å². The Kier molecular flexibility index (Phi) is 3.13. The molecule has 1 aliphatic carbocycles. The average Bonchev–Trinajstić information content (AvgIpc) is 3.13. The van der Waals surface area contributed by atoms with Crippen molar-refractivity contribution in [1.29, 1.82) is 0 Å². The normalized spacial score (nSPS) is 19.9. The Morgan fingerprint density at radius 1 is 1.20 bits per heavy atom. The predicted molar refractivity (Wildman–Crippen MR) is 79.4 cm³/mol. The topological polar surface area (TPSA) is 30.5 Å². The lowest BCUT2D eigenvalue weighted by Gasteiger charge is -2.24. The fraction of sp³-hybridized carbons (Fsp3) is 0.375. The minimum Gasteiger partial charge on any atom is -0.454 e. The van der Waals surface area contributed by atoms with Crippen LogP contribution in [0.15, 0.2) is 29.6 Å². The maximum atomic E-state index is 5.43. The van der Waals surface area contributed by atoms with Crippen molar-refractivity contribution < 1.29 is 9.47 Å². The van der Waals surface area contributed by atoms with Gasteiger partial charge in [0.2, 0.25) is 6.79 Å². The minimum absolute atomic E-state index is 0.340. The van der Waals surface area contributed by atoms with E-state index in [9.17, 15) is 0 Å². The second-order valence-electron chi connectivity index (χ2n) is 5.31. The van der Waals surface area contributed by atoms with Gasteiger partial charge in [-0.15, -0.1) is 11.3 Å². The fourth-order valence-corrected chi connectivity index (χ4v) is 3.98. The molecule has 0 spiro atoms. The molecule has 1 N–H and O–H groups in total. The average molecular weight is 287 g/mol. The van der Waals surface area contributed by atoms with Gasteiger partial charge in [0.15, 0.2) is 11.5 Å². The van der Waals surface area contributed by atoms with Gasteiger partial charge in [-0.25, -0.2) is 0 Å². The van der Waals surface area contributed by atoms with E-state index in [0.717, 1.165) is 18.0 Å². The molecule has 104 valence electrons. The van der Waals surface area contributed by atoms with E-state index in [2.05, 4.69) is 28.9 Å². The first kappa shape index (κ1) is 12.2. The van der Waals surface area contributed by atoms with Crippen LogP contribution < -0.4 is 14.8 Å². The second-order valence-corrected chi connectivity index (χ2v) is 6.31. The Hall–Kier alpha value is -1.52. The number of hydrogen-bond donors (Lipinski definition) is 1. The van der Waals surface area contributed by atoms with E-state index in [1.165, 1.54) is 30.4 Å². The van der Waals surface area contributed by atoms with Crippen molar-refractivity contribution in [1.82, 2.24) is 5.32 Å². The molecule has 20 heavy (non-hydrogen) atoms. The van der Waals surface area contributed by atoms with Crippen molar-refractivity contribution in [2.24, 2.45) is 0 Å². The Morgan fingerprint density at radius 2 is 2.15 bits per heavy atom. The van der Waals surface area contributed by atoms with Gasteiger partial charge >= 0.3 is 0 Å². The second kappa shape index (κ2) is 5.11. The molecule has 0 saturated heterocycles. The van der Waals surface area contributed by atoms with Gasteiger partial charge in [0.1, 0.15) is 0 Å². The van der Waals surface area contributed by atoms with Crippen molar-refractivity contribution in [2.45, 2.75) is 31.8 Å². The number of benzene rings is 1. The minimum atomic E-state index is 0.340. The first-order valence-electron chi connectivity index (χ1n) is 7.08. The van der Waals surface area contributed by atoms with Crippen LogP contribution in [0.1, 0.15) is 34.9 Å². The summed E-state index contributed by atoms with van der Waals surface area (Å²) < 4.78 is 10.8. The molecule has 3 nitrogen and oxygen atoms in total. The standard InChI is InChI=1S/C16H17NO2S/c1-2-13(12-6-7-20-16(12)3-1)17-9-11-4-5-14-15(8-11)19-10-18-14/h4-8,13,17H,1-3,9-10H2. The largest absolute Gasteiger partial charge is 0.454 e. The van der Waals surface area contributed by atoms with Gasteiger partial charge < -0.3 is 14.8 Å². The summed E-state index contributed by atoms with van der Waals surface area (Å²) in [6.45, 7) is 1.21. The summed E-state index contributed by atoms with van der Waals surface area (Å²) in [6, 6.07) is 8.95. The quantitative estimate of drug-likeness (QED) is 0.935. The van der Waals surface area contributed by atoms with E-state index in [1.54, 1.807) is 4.88 Å². The van der Waals surface area contributed by atoms with Gasteiger partial charge in [-0.2, -0.15) is 0 Å². The molecule has 4 heteroatoms. The molecular weight excluding hydrogens is 270 g/mol. The Labute approximate surface area is 122 Å². The summed E-state index contributed by atoms with van der Waals surface area (Å²) in [4.78, 5) is 1.56. The monoisotopic (exact) mass is 287 g/mol. The summed E-state index contributed by atoms with van der Waals surface area (Å²) in [7, 11) is 0. The zero-order valence-corrected chi connectivity index (χ0v) is 12.0. The van der Waals surface area contributed by atoms with E-state index in [4.69, 9.17) is 9.47 Å². The van der Waals surface area contributed by atoms with Crippen LogP contribution in [-0.2, 0) is 13.0 Å². The molecule has 4 rings (SSSR count). The van der Waals surface area contributed by atoms with Gasteiger partial charge in [-0.3, -0.25) is 0 Å². The van der Waals surface area contributed by atoms with Crippen LogP contribution in [0.4, 0.5) is 0 Å². The molecule has 0 fully saturated rings. The first-order valence-corrected chi connectivity index (χ1v) is 7.96. The predicted octanol–water partition coefficient (Wildman–Crippen LogP) is 3.64. The smallest absolute Gasteiger partial charge is 0.231 e. The van der Waals surface area contributed by atoms with E-state index in [-0.39, 0.29) is 0 Å². The van der Waals surface area contributed by atoms with E-state index >= 15 is 0 Å². The molecule has 0 amide bonds. The third kappa shape index (κ3) is 2.19. The van der Waals surface area contributed by atoms with E-state index in [1.807, 2.05) is 17.4 Å². The molecule has 0 bridgehead atoms. The molecule has 2 aromatic rings. The van der Waals surface area contributed by atoms with E-state index < -0.39 is 0 Å². The zero-order chi connectivity index (χ0) is 13.4. The molecule has 0 radical (unpaired) electrons. The number of rotatable bonds is 3. The molecule has 1 atom stereocenters. The van der Waals surface area contributed by atoms with Crippen molar-refractivity contribution in [3.63, 3.8) is 0 Å². The highest BCUT2D eigenvalue weighted by molar-refractivity contribution is 7.10. The summed E-state index contributed by atoms with van der Waals surface area (Å²) in [5.74, 6) is 1.72. The molecule has 1 aromatic heterocycles. The lowest BCUT2D eigenvalue weighted by Crippen LogP contribution is -2.23. The van der Waals surface area contributed by atoms with Gasteiger partial charge in [-0.05, 0) is 54.0 Å². The fourth-order valence-electron chi connectivity index (χ4n) is 2.99. The van der Waals surface area contributed by atoms with E-state index in [0.29, 0.717) is 12.8 Å². The van der Waals surface area contributed by atoms with Crippen LogP contribution in [0.25, 0.3) is 0 Å². The third-order valence-corrected chi connectivity index (χ3v) is 5.04.